The van der Waals surface area contributed by atoms with Crippen molar-refractivity contribution in [1.82, 2.24) is 0 Å². The third-order valence-electron chi connectivity index (χ3n) is 4.84. The van der Waals surface area contributed by atoms with Gasteiger partial charge in [0, 0.05) is 4.47 Å². The highest BCUT2D eigenvalue weighted by molar-refractivity contribution is 9.10. The lowest BCUT2D eigenvalue weighted by atomic mass is 9.89. The maximum atomic E-state index is 8.47. The zero-order valence-electron chi connectivity index (χ0n) is 14.5. The molecule has 0 radical (unpaired) electrons. The van der Waals surface area contributed by atoms with Crippen molar-refractivity contribution in [2.45, 2.75) is 0 Å². The Hall–Kier alpha value is -2.64. The molecule has 0 fully saturated rings. The molecule has 0 aliphatic carbocycles. The van der Waals surface area contributed by atoms with E-state index in [1.165, 1.54) is 27.3 Å². The van der Waals surface area contributed by atoms with E-state index in [0.717, 1.165) is 20.6 Å². The SMILES string of the molecule is [2H]c1cccc2c(-c3cccc4ccccc34)c3ccccc3c(Br)c12. The van der Waals surface area contributed by atoms with Crippen LogP contribution in [0.5, 0.6) is 0 Å². The molecule has 0 bridgehead atoms. The number of halogens is 1. The number of hydrogen-bond acceptors (Lipinski definition) is 0. The van der Waals surface area contributed by atoms with Gasteiger partial charge < -0.3 is 0 Å². The molecule has 0 saturated heterocycles. The Morgan fingerprint density at radius 2 is 1.16 bits per heavy atom. The van der Waals surface area contributed by atoms with Crippen molar-refractivity contribution in [3.63, 3.8) is 0 Å². The van der Waals surface area contributed by atoms with Crippen molar-refractivity contribution in [3.05, 3.63) is 95.4 Å². The minimum atomic E-state index is 0.543. The first kappa shape index (κ1) is 13.6. The van der Waals surface area contributed by atoms with Gasteiger partial charge in [0.2, 0.25) is 0 Å². The van der Waals surface area contributed by atoms with Crippen LogP contribution in [0, 0.1) is 0 Å². The Morgan fingerprint density at radius 1 is 0.560 bits per heavy atom. The summed E-state index contributed by atoms with van der Waals surface area (Å²) in [5.74, 6) is 0. The van der Waals surface area contributed by atoms with Crippen molar-refractivity contribution in [2.75, 3.05) is 0 Å². The number of fused-ring (bicyclic) bond motifs is 3. The fraction of sp³-hybridized carbons (Fsp3) is 0. The van der Waals surface area contributed by atoms with Crippen molar-refractivity contribution in [1.29, 1.82) is 0 Å². The van der Waals surface area contributed by atoms with Gasteiger partial charge >= 0.3 is 0 Å². The van der Waals surface area contributed by atoms with Crippen molar-refractivity contribution < 1.29 is 1.37 Å². The molecule has 0 aliphatic heterocycles. The molecular formula is C24H15Br. The zero-order chi connectivity index (χ0) is 17.7. The van der Waals surface area contributed by atoms with E-state index in [-0.39, 0.29) is 0 Å². The summed E-state index contributed by atoms with van der Waals surface area (Å²) in [5.41, 5.74) is 2.41. The summed E-state index contributed by atoms with van der Waals surface area (Å²) in [6.07, 6.45) is 0. The van der Waals surface area contributed by atoms with E-state index in [9.17, 15) is 0 Å². The average molecular weight is 384 g/mol. The Morgan fingerprint density at radius 3 is 2.00 bits per heavy atom. The van der Waals surface area contributed by atoms with Crippen LogP contribution in [0.1, 0.15) is 1.37 Å². The smallest absolute Gasteiger partial charge is 0.0616 e. The number of hydrogen-bond donors (Lipinski definition) is 0. The molecule has 0 heterocycles. The van der Waals surface area contributed by atoms with E-state index in [0.29, 0.717) is 6.04 Å². The molecule has 0 N–H and O–H groups in total. The van der Waals surface area contributed by atoms with Crippen LogP contribution in [0.4, 0.5) is 0 Å². The summed E-state index contributed by atoms with van der Waals surface area (Å²) in [6.45, 7) is 0. The molecule has 5 aromatic carbocycles. The van der Waals surface area contributed by atoms with E-state index in [1.54, 1.807) is 0 Å². The van der Waals surface area contributed by atoms with Crippen LogP contribution >= 0.6 is 15.9 Å². The first-order valence-electron chi connectivity index (χ1n) is 8.83. The lowest BCUT2D eigenvalue weighted by Crippen LogP contribution is -1.88. The third kappa shape index (κ3) is 2.20. The van der Waals surface area contributed by atoms with Gasteiger partial charge in [-0.2, -0.15) is 0 Å². The highest BCUT2D eigenvalue weighted by Crippen LogP contribution is 2.43. The van der Waals surface area contributed by atoms with Gasteiger partial charge in [-0.1, -0.05) is 91.0 Å². The van der Waals surface area contributed by atoms with Crippen LogP contribution in [-0.4, -0.2) is 0 Å². The Kier molecular flexibility index (Phi) is 3.12. The van der Waals surface area contributed by atoms with Crippen LogP contribution in [0.2, 0.25) is 0 Å². The fourth-order valence-electron chi connectivity index (χ4n) is 3.73. The predicted molar refractivity (Wildman–Crippen MR) is 112 cm³/mol. The van der Waals surface area contributed by atoms with E-state index in [2.05, 4.69) is 88.7 Å². The minimum Gasteiger partial charge on any atom is -0.0616 e. The second-order valence-electron chi connectivity index (χ2n) is 6.22. The maximum Gasteiger partial charge on any atom is 0.0630 e. The molecule has 0 amide bonds. The molecular weight excluding hydrogens is 368 g/mol. The van der Waals surface area contributed by atoms with Gasteiger partial charge in [-0.25, -0.2) is 0 Å². The quantitative estimate of drug-likeness (QED) is 0.261. The van der Waals surface area contributed by atoms with Crippen LogP contribution < -0.4 is 0 Å². The highest BCUT2D eigenvalue weighted by Gasteiger charge is 2.14. The first-order valence-corrected chi connectivity index (χ1v) is 9.12. The van der Waals surface area contributed by atoms with Crippen LogP contribution in [0.25, 0.3) is 43.4 Å². The molecule has 1 heteroatoms. The van der Waals surface area contributed by atoms with Gasteiger partial charge in [-0.3, -0.25) is 0 Å². The molecule has 0 atom stereocenters. The Bertz CT molecular complexity index is 1300. The van der Waals surface area contributed by atoms with Gasteiger partial charge in [0.05, 0.1) is 1.37 Å². The molecule has 5 aromatic rings. The van der Waals surface area contributed by atoms with Crippen molar-refractivity contribution in [3.8, 4) is 11.1 Å². The summed E-state index contributed by atoms with van der Waals surface area (Å²) >= 11 is 3.77. The summed E-state index contributed by atoms with van der Waals surface area (Å²) in [7, 11) is 0. The maximum absolute atomic E-state index is 8.47. The second kappa shape index (κ2) is 5.72. The molecule has 0 spiro atoms. The summed E-state index contributed by atoms with van der Waals surface area (Å²) < 4.78 is 9.47. The Balaban J connectivity index is 2.08. The minimum absolute atomic E-state index is 0.543. The lowest BCUT2D eigenvalue weighted by molar-refractivity contribution is 1.69. The van der Waals surface area contributed by atoms with Crippen LogP contribution in [0.3, 0.4) is 0 Å². The van der Waals surface area contributed by atoms with E-state index in [1.807, 2.05) is 12.1 Å². The average Bonchev–Trinajstić information content (AvgIpc) is 2.68. The third-order valence-corrected chi connectivity index (χ3v) is 5.66. The van der Waals surface area contributed by atoms with Gasteiger partial charge in [-0.05, 0) is 59.4 Å². The molecule has 0 aliphatic rings. The molecule has 118 valence electrons. The Labute approximate surface area is 156 Å². The van der Waals surface area contributed by atoms with Crippen LogP contribution in [0.15, 0.2) is 95.4 Å². The van der Waals surface area contributed by atoms with Gasteiger partial charge in [0.1, 0.15) is 0 Å². The zero-order valence-corrected chi connectivity index (χ0v) is 15.0. The molecule has 5 rings (SSSR count). The molecule has 25 heavy (non-hydrogen) atoms. The molecule has 0 aromatic heterocycles. The highest BCUT2D eigenvalue weighted by atomic mass is 79.9. The van der Waals surface area contributed by atoms with Crippen molar-refractivity contribution >= 4 is 48.2 Å². The lowest BCUT2D eigenvalue weighted by Gasteiger charge is -2.16. The van der Waals surface area contributed by atoms with Crippen molar-refractivity contribution in [2.24, 2.45) is 0 Å². The largest absolute Gasteiger partial charge is 0.0630 e. The van der Waals surface area contributed by atoms with Gasteiger partial charge in [-0.15, -0.1) is 0 Å². The number of benzene rings is 5. The topological polar surface area (TPSA) is 0 Å². The van der Waals surface area contributed by atoms with E-state index < -0.39 is 0 Å². The fourth-order valence-corrected chi connectivity index (χ4v) is 4.41. The van der Waals surface area contributed by atoms with Crippen LogP contribution in [-0.2, 0) is 0 Å². The first-order chi connectivity index (χ1) is 12.8. The normalized spacial score (nSPS) is 12.0. The standard InChI is InChI=1S/C24H15Br/c25-24-21-13-5-3-11-19(21)23(20-12-4-6-14-22(20)24)18-15-7-9-16-8-1-2-10-17(16)18/h1-15H/i13D. The predicted octanol–water partition coefficient (Wildman–Crippen LogP) is 7.58. The second-order valence-corrected chi connectivity index (χ2v) is 7.01. The molecule has 0 nitrogen and oxygen atoms in total. The summed E-state index contributed by atoms with van der Waals surface area (Å²) in [6, 6.07) is 29.9. The monoisotopic (exact) mass is 383 g/mol. The number of rotatable bonds is 1. The molecule has 0 unspecified atom stereocenters. The molecule has 0 saturated carbocycles. The van der Waals surface area contributed by atoms with E-state index >= 15 is 0 Å². The van der Waals surface area contributed by atoms with Gasteiger partial charge in [0.15, 0.2) is 0 Å². The summed E-state index contributed by atoms with van der Waals surface area (Å²) in [5, 5.41) is 6.89. The van der Waals surface area contributed by atoms with Gasteiger partial charge in [0.25, 0.3) is 0 Å². The summed E-state index contributed by atoms with van der Waals surface area (Å²) in [4.78, 5) is 0. The van der Waals surface area contributed by atoms with E-state index in [4.69, 9.17) is 1.37 Å².